The van der Waals surface area contributed by atoms with E-state index in [0.717, 1.165) is 0 Å². The summed E-state index contributed by atoms with van der Waals surface area (Å²) in [6, 6.07) is 0. The molecule has 0 aromatic carbocycles. The zero-order valence-corrected chi connectivity index (χ0v) is 5.33. The number of rotatable bonds is 0. The van der Waals surface area contributed by atoms with E-state index in [9.17, 15) is 0 Å². The molecule has 0 unspecified atom stereocenters. The van der Waals surface area contributed by atoms with Crippen LogP contribution in [0.3, 0.4) is 0 Å². The smallest absolute Gasteiger partial charge is 0.223 e. The van der Waals surface area contributed by atoms with Gasteiger partial charge in [0.25, 0.3) is 0 Å². The lowest BCUT2D eigenvalue weighted by molar-refractivity contribution is 0.195. The van der Waals surface area contributed by atoms with Crippen LogP contribution in [0.15, 0.2) is 4.99 Å². The fraction of sp³-hybridized carbons (Fsp3) is 0.667. The molecule has 1 heterocycles. The van der Waals surface area contributed by atoms with Crippen LogP contribution in [0.1, 0.15) is 0 Å². The minimum Gasteiger partial charge on any atom is -0.334 e. The van der Waals surface area contributed by atoms with Crippen LogP contribution in [-0.4, -0.2) is 18.2 Å². The average Bonchev–Trinajstić information content (AvgIpc) is 1.56. The predicted octanol–water partition coefficient (Wildman–Crippen LogP) is -3.74. The summed E-state index contributed by atoms with van der Waals surface area (Å²) in [4.78, 5) is 3.61. The highest BCUT2D eigenvalue weighted by Gasteiger charge is 2.31. The van der Waals surface area contributed by atoms with Gasteiger partial charge in [0.1, 0.15) is 0 Å². The summed E-state index contributed by atoms with van der Waals surface area (Å²) in [5.41, 5.74) is 21.4. The van der Waals surface area contributed by atoms with Crippen molar-refractivity contribution in [2.24, 2.45) is 27.9 Å². The van der Waals surface area contributed by atoms with Gasteiger partial charge in [0.05, 0.1) is 6.34 Å². The van der Waals surface area contributed by atoms with Gasteiger partial charge in [-0.05, 0) is 0 Å². The molecule has 0 saturated carbocycles. The molecule has 0 spiro atoms. The molecule has 1 rings (SSSR count). The maximum atomic E-state index is 5.36. The van der Waals surface area contributed by atoms with Gasteiger partial charge in [-0.1, -0.05) is 0 Å². The molecule has 10 N–H and O–H groups in total. The molecule has 1 aliphatic rings. The minimum absolute atomic E-state index is 1.26. The lowest BCUT2D eigenvalue weighted by Crippen LogP contribution is -2.81. The molecule has 0 bridgehead atoms. The number of aliphatic imine (C=N–C) groups is 1. The van der Waals surface area contributed by atoms with Crippen LogP contribution in [0.2, 0.25) is 0 Å². The molecule has 0 saturated heterocycles. The minimum atomic E-state index is -1.38. The summed E-state index contributed by atoms with van der Waals surface area (Å²) in [5, 5.41) is 4.94. The van der Waals surface area contributed by atoms with Crippen molar-refractivity contribution in [3.63, 3.8) is 0 Å². The van der Waals surface area contributed by atoms with Gasteiger partial charge < -0.3 is 5.32 Å². The van der Waals surface area contributed by atoms with E-state index in [1.165, 1.54) is 6.34 Å². The van der Waals surface area contributed by atoms with Crippen molar-refractivity contribution in [3.05, 3.63) is 0 Å². The van der Waals surface area contributed by atoms with Gasteiger partial charge in [-0.2, -0.15) is 0 Å². The number of nitrogens with zero attached hydrogens (tertiary/aromatic N) is 1. The van der Waals surface area contributed by atoms with Gasteiger partial charge in [-0.25, -0.2) is 10.3 Å². The Labute approximate surface area is 57.8 Å². The second-order valence-electron chi connectivity index (χ2n) is 2.22. The maximum absolute atomic E-state index is 5.36. The van der Waals surface area contributed by atoms with Crippen LogP contribution in [0, 0.1) is 0 Å². The number of nitrogens with one attached hydrogen (secondary N) is 2. The van der Waals surface area contributed by atoms with Crippen molar-refractivity contribution in [1.82, 2.24) is 10.6 Å². The largest absolute Gasteiger partial charge is 0.334 e. The van der Waals surface area contributed by atoms with Crippen molar-refractivity contribution in [1.29, 1.82) is 0 Å². The fourth-order valence-corrected chi connectivity index (χ4v) is 0.646. The van der Waals surface area contributed by atoms with Crippen LogP contribution in [0.4, 0.5) is 0 Å². The van der Waals surface area contributed by atoms with E-state index in [-0.39, 0.29) is 0 Å². The molecular formula is C3H11N7. The molecule has 0 radical (unpaired) electrons. The van der Waals surface area contributed by atoms with Crippen LogP contribution >= 0.6 is 0 Å². The van der Waals surface area contributed by atoms with Gasteiger partial charge in [-0.3, -0.25) is 22.9 Å². The number of hydrogen-bond acceptors (Lipinski definition) is 7. The monoisotopic (exact) mass is 145 g/mol. The maximum Gasteiger partial charge on any atom is 0.223 e. The lowest BCUT2D eigenvalue weighted by Gasteiger charge is -2.36. The molecule has 0 amide bonds. The lowest BCUT2D eigenvalue weighted by atomic mass is 10.5. The van der Waals surface area contributed by atoms with E-state index in [1.54, 1.807) is 0 Å². The summed E-state index contributed by atoms with van der Waals surface area (Å²) in [6.07, 6.45) is 1.26. The van der Waals surface area contributed by atoms with Crippen molar-refractivity contribution in [2.75, 3.05) is 0 Å². The highest BCUT2D eigenvalue weighted by molar-refractivity contribution is 5.57. The predicted molar refractivity (Wildman–Crippen MR) is 37.0 cm³/mol. The van der Waals surface area contributed by atoms with E-state index in [0.29, 0.717) is 0 Å². The van der Waals surface area contributed by atoms with E-state index < -0.39 is 11.8 Å². The zero-order valence-electron chi connectivity index (χ0n) is 5.33. The second kappa shape index (κ2) is 1.87. The summed E-state index contributed by atoms with van der Waals surface area (Å²) in [7, 11) is 0. The van der Waals surface area contributed by atoms with Crippen molar-refractivity contribution in [3.8, 4) is 0 Å². The first-order chi connectivity index (χ1) is 4.41. The summed E-state index contributed by atoms with van der Waals surface area (Å²) < 4.78 is 0. The quantitative estimate of drug-likeness (QED) is 0.193. The third-order valence-electron chi connectivity index (χ3n) is 0.989. The Morgan fingerprint density at radius 1 is 1.20 bits per heavy atom. The van der Waals surface area contributed by atoms with E-state index >= 15 is 0 Å². The van der Waals surface area contributed by atoms with Gasteiger partial charge in [-0.15, -0.1) is 0 Å². The third kappa shape index (κ3) is 1.62. The normalized spacial score (nSPS) is 27.6. The van der Waals surface area contributed by atoms with E-state index in [2.05, 4.69) is 15.6 Å². The zero-order chi connectivity index (χ0) is 7.83. The molecule has 0 aromatic heterocycles. The molecule has 10 heavy (non-hydrogen) atoms. The molecule has 58 valence electrons. The Kier molecular flexibility index (Phi) is 1.38. The summed E-state index contributed by atoms with van der Waals surface area (Å²) in [6.45, 7) is 0. The van der Waals surface area contributed by atoms with Gasteiger partial charge in [0, 0.05) is 0 Å². The molecule has 1 aliphatic heterocycles. The van der Waals surface area contributed by atoms with Gasteiger partial charge in [0.15, 0.2) is 0 Å². The SMILES string of the molecule is NC1(N)N=CNC(N)(N)N1. The van der Waals surface area contributed by atoms with Crippen LogP contribution in [0.25, 0.3) is 0 Å². The first kappa shape index (κ1) is 7.38. The molecule has 7 nitrogen and oxygen atoms in total. The van der Waals surface area contributed by atoms with Crippen molar-refractivity contribution in [2.45, 2.75) is 11.8 Å². The first-order valence-electron chi connectivity index (χ1n) is 2.68. The Hall–Kier alpha value is -0.730. The topological polar surface area (TPSA) is 140 Å². The highest BCUT2D eigenvalue weighted by Crippen LogP contribution is 1.93. The molecular weight excluding hydrogens is 134 g/mol. The highest BCUT2D eigenvalue weighted by atomic mass is 15.5. The Morgan fingerprint density at radius 3 is 2.10 bits per heavy atom. The van der Waals surface area contributed by atoms with Crippen LogP contribution in [0.5, 0.6) is 0 Å². The Balaban J connectivity index is 2.73. The van der Waals surface area contributed by atoms with Gasteiger partial charge in [0.2, 0.25) is 11.8 Å². The number of hydrogen-bond donors (Lipinski definition) is 6. The van der Waals surface area contributed by atoms with Crippen LogP contribution < -0.4 is 33.6 Å². The first-order valence-corrected chi connectivity index (χ1v) is 2.68. The van der Waals surface area contributed by atoms with Crippen molar-refractivity contribution >= 4 is 6.34 Å². The molecule has 0 fully saturated rings. The summed E-state index contributed by atoms with van der Waals surface area (Å²) >= 11 is 0. The van der Waals surface area contributed by atoms with Crippen LogP contribution in [-0.2, 0) is 0 Å². The molecule has 0 atom stereocenters. The third-order valence-corrected chi connectivity index (χ3v) is 0.989. The van der Waals surface area contributed by atoms with E-state index in [1.807, 2.05) is 0 Å². The number of nitrogens with two attached hydrogens (primary N) is 4. The molecule has 0 aliphatic carbocycles. The Bertz CT molecular complexity index is 158. The average molecular weight is 145 g/mol. The second-order valence-corrected chi connectivity index (χ2v) is 2.22. The van der Waals surface area contributed by atoms with E-state index in [4.69, 9.17) is 22.9 Å². The molecule has 0 aromatic rings. The Morgan fingerprint density at radius 2 is 1.80 bits per heavy atom. The summed E-state index contributed by atoms with van der Waals surface area (Å²) in [5.74, 6) is -2.67. The van der Waals surface area contributed by atoms with Crippen molar-refractivity contribution < 1.29 is 0 Å². The standard InChI is InChI=1S/C3H11N7/c4-2(5)8-1-9-3(6,7)10-2/h1,10H,4-7H2,(H,8,9). The van der Waals surface area contributed by atoms with Gasteiger partial charge >= 0.3 is 0 Å². The fourth-order valence-electron chi connectivity index (χ4n) is 0.646. The molecule has 7 heteroatoms.